The molecule has 8 nitrogen and oxygen atoms in total. The van der Waals surface area contributed by atoms with Gasteiger partial charge >= 0.3 is 0 Å². The Morgan fingerprint density at radius 1 is 1.12 bits per heavy atom. The molecule has 1 aliphatic rings. The molecule has 40 heavy (non-hydrogen) atoms. The van der Waals surface area contributed by atoms with Crippen molar-refractivity contribution in [2.45, 2.75) is 20.8 Å². The molecule has 0 aliphatic carbocycles. The molecule has 0 radical (unpaired) electrons. The fourth-order valence-corrected chi connectivity index (χ4v) is 6.41. The number of carbonyl (C=O) groups excluding carboxylic acids is 1. The second-order valence-corrected chi connectivity index (χ2v) is 12.2. The summed E-state index contributed by atoms with van der Waals surface area (Å²) >= 11 is 1.26. The van der Waals surface area contributed by atoms with Crippen molar-refractivity contribution in [1.29, 1.82) is 0 Å². The van der Waals surface area contributed by atoms with Gasteiger partial charge in [-0.05, 0) is 61.4 Å². The van der Waals surface area contributed by atoms with Crippen molar-refractivity contribution in [3.63, 3.8) is 0 Å². The second-order valence-electron chi connectivity index (χ2n) is 9.63. The summed E-state index contributed by atoms with van der Waals surface area (Å²) in [6.07, 6.45) is 1.72. The van der Waals surface area contributed by atoms with Crippen molar-refractivity contribution in [1.82, 2.24) is 9.47 Å². The van der Waals surface area contributed by atoms with E-state index in [9.17, 15) is 18.2 Å². The van der Waals surface area contributed by atoms with Gasteiger partial charge < -0.3 is 23.7 Å². The Morgan fingerprint density at radius 3 is 2.50 bits per heavy atom. The fourth-order valence-electron chi connectivity index (χ4n) is 4.74. The third kappa shape index (κ3) is 5.54. The molecule has 1 unspecified atom stereocenters. The number of ether oxygens (including phenoxy) is 2. The van der Waals surface area contributed by atoms with Crippen molar-refractivity contribution in [3.8, 4) is 22.6 Å². The van der Waals surface area contributed by atoms with E-state index in [4.69, 9.17) is 9.47 Å². The molecule has 1 atom stereocenters. The van der Waals surface area contributed by atoms with E-state index in [2.05, 4.69) is 4.72 Å². The van der Waals surface area contributed by atoms with Crippen molar-refractivity contribution in [2.75, 3.05) is 36.8 Å². The van der Waals surface area contributed by atoms with E-state index in [1.807, 2.05) is 13.0 Å². The van der Waals surface area contributed by atoms with Crippen molar-refractivity contribution in [3.05, 3.63) is 74.8 Å². The van der Waals surface area contributed by atoms with Gasteiger partial charge in [-0.2, -0.15) is 0 Å². The van der Waals surface area contributed by atoms with Crippen LogP contribution in [0.25, 0.3) is 21.2 Å². The topological polar surface area (TPSA) is 89.9 Å². The maximum absolute atomic E-state index is 14.0. The Labute approximate surface area is 237 Å². The van der Waals surface area contributed by atoms with Gasteiger partial charge in [-0.25, -0.2) is 8.60 Å². The zero-order chi connectivity index (χ0) is 28.6. The number of hydrogen-bond acceptors (Lipinski definition) is 6. The molecule has 3 heterocycles. The number of pyridine rings is 1. The van der Waals surface area contributed by atoms with Crippen LogP contribution in [0.3, 0.4) is 0 Å². The lowest BCUT2D eigenvalue weighted by Crippen LogP contribution is -2.40. The van der Waals surface area contributed by atoms with Crippen molar-refractivity contribution >= 4 is 44.0 Å². The third-order valence-electron chi connectivity index (χ3n) is 6.76. The van der Waals surface area contributed by atoms with Crippen LogP contribution in [0, 0.1) is 19.7 Å². The zero-order valence-corrected chi connectivity index (χ0v) is 24.3. The van der Waals surface area contributed by atoms with E-state index in [1.165, 1.54) is 28.0 Å². The number of halogens is 1. The number of benzene rings is 2. The van der Waals surface area contributed by atoms with Gasteiger partial charge in [-0.15, -0.1) is 11.3 Å². The van der Waals surface area contributed by atoms with Gasteiger partial charge in [-0.3, -0.25) is 9.59 Å². The van der Waals surface area contributed by atoms with Gasteiger partial charge in [0.05, 0.1) is 28.2 Å². The van der Waals surface area contributed by atoms with Gasteiger partial charge in [0.2, 0.25) is 0 Å². The first kappa shape index (κ1) is 28.0. The lowest BCUT2D eigenvalue weighted by molar-refractivity contribution is 0.0306. The lowest BCUT2D eigenvalue weighted by atomic mass is 10.0. The quantitative estimate of drug-likeness (QED) is 0.316. The number of amides is 1. The summed E-state index contributed by atoms with van der Waals surface area (Å²) in [5.74, 6) is 0.931. The summed E-state index contributed by atoms with van der Waals surface area (Å²) in [7, 11) is 0.379. The maximum Gasteiger partial charge on any atom is 0.264 e. The summed E-state index contributed by atoms with van der Waals surface area (Å²) in [4.78, 5) is 28.7. The fraction of sp³-hybridized carbons (Fsp3) is 0.310. The monoisotopic (exact) mass is 583 g/mol. The normalized spacial score (nSPS) is 14.4. The van der Waals surface area contributed by atoms with Crippen LogP contribution < -0.4 is 15.0 Å². The Hall–Kier alpha value is -3.54. The average molecular weight is 584 g/mol. The molecule has 210 valence electrons. The number of hydrogen-bond donors (Lipinski definition) is 1. The van der Waals surface area contributed by atoms with E-state index in [-0.39, 0.29) is 17.3 Å². The Balaban J connectivity index is 1.68. The predicted octanol–water partition coefficient (Wildman–Crippen LogP) is 5.38. The van der Waals surface area contributed by atoms with Gasteiger partial charge in [-0.1, -0.05) is 6.92 Å². The molecule has 2 aromatic carbocycles. The smallest absolute Gasteiger partial charge is 0.264 e. The molecule has 1 amide bonds. The number of nitrogens with zero attached hydrogens (tertiary/aromatic N) is 2. The Kier molecular flexibility index (Phi) is 8.07. The lowest BCUT2D eigenvalue weighted by Gasteiger charge is -2.26. The first-order valence-electron chi connectivity index (χ1n) is 12.9. The van der Waals surface area contributed by atoms with Crippen LogP contribution in [-0.2, 0) is 22.8 Å². The number of rotatable bonds is 7. The van der Waals surface area contributed by atoms with Crippen LogP contribution in [0.5, 0.6) is 11.5 Å². The highest BCUT2D eigenvalue weighted by atomic mass is 32.2. The van der Waals surface area contributed by atoms with E-state index in [1.54, 1.807) is 50.2 Å². The Bertz CT molecular complexity index is 1670. The zero-order valence-electron chi connectivity index (χ0n) is 22.7. The average Bonchev–Trinajstić information content (AvgIpc) is 3.39. The molecule has 1 N–H and O–H groups in total. The maximum atomic E-state index is 14.0. The number of aryl methyl sites for hydroxylation is 3. The van der Waals surface area contributed by atoms with Crippen LogP contribution in [0.4, 0.5) is 10.1 Å². The second kappa shape index (κ2) is 11.5. The van der Waals surface area contributed by atoms with Crippen LogP contribution in [0.15, 0.2) is 47.4 Å². The minimum absolute atomic E-state index is 0.139. The molecule has 1 saturated heterocycles. The molecule has 11 heteroatoms. The minimum Gasteiger partial charge on any atom is -0.456 e. The first-order chi connectivity index (χ1) is 19.2. The number of anilines is 1. The summed E-state index contributed by atoms with van der Waals surface area (Å²) in [5, 5.41) is 0.428. The number of morpholine rings is 1. The van der Waals surface area contributed by atoms with Crippen LogP contribution in [0.2, 0.25) is 0 Å². The number of aromatic nitrogens is 1. The summed E-state index contributed by atoms with van der Waals surface area (Å²) in [6, 6.07) is 9.83. The summed E-state index contributed by atoms with van der Waals surface area (Å²) in [5.41, 5.74) is 2.98. The molecule has 4 aromatic rings. The van der Waals surface area contributed by atoms with Crippen molar-refractivity contribution < 1.29 is 22.9 Å². The van der Waals surface area contributed by atoms with Gasteiger partial charge in [0.25, 0.3) is 11.5 Å². The molecule has 5 rings (SSSR count). The highest BCUT2D eigenvalue weighted by molar-refractivity contribution is 7.86. The largest absolute Gasteiger partial charge is 0.456 e. The van der Waals surface area contributed by atoms with E-state index in [0.29, 0.717) is 86.5 Å². The van der Waals surface area contributed by atoms with E-state index >= 15 is 0 Å². The number of thiophene rings is 1. The van der Waals surface area contributed by atoms with Gasteiger partial charge in [0, 0.05) is 48.9 Å². The predicted molar refractivity (Wildman–Crippen MR) is 157 cm³/mol. The Morgan fingerprint density at radius 2 is 1.82 bits per heavy atom. The molecule has 0 spiro atoms. The molecule has 0 saturated carbocycles. The molecular formula is C29H30FN3O5S2. The number of fused-ring (bicyclic) bond motifs is 1. The van der Waals surface area contributed by atoms with Crippen molar-refractivity contribution in [2.24, 2.45) is 7.05 Å². The van der Waals surface area contributed by atoms with E-state index in [0.717, 1.165) is 0 Å². The van der Waals surface area contributed by atoms with E-state index < -0.39 is 11.0 Å². The standard InChI is InChI=1S/C29H30FN3O5S2/c1-5-40(36)31-20-6-7-24(38-26-17(2)12-19(30)13-18(26)3)21(14-20)23-16-32(4)28(34)22-15-25(39-27(22)23)29(35)33-8-10-37-11-9-33/h6-7,12-16,31H,5,8-11H2,1-4H3. The minimum atomic E-state index is -1.28. The third-order valence-corrected chi connectivity index (χ3v) is 8.90. The highest BCUT2D eigenvalue weighted by Gasteiger charge is 2.24. The highest BCUT2D eigenvalue weighted by Crippen LogP contribution is 2.42. The molecule has 1 aliphatic heterocycles. The molecule has 1 fully saturated rings. The molecule has 0 bridgehead atoms. The molecule has 2 aromatic heterocycles. The van der Waals surface area contributed by atoms with Gasteiger partial charge in [0.1, 0.15) is 28.3 Å². The van der Waals surface area contributed by atoms with Gasteiger partial charge in [0.15, 0.2) is 0 Å². The summed E-state index contributed by atoms with van der Waals surface area (Å²) in [6.45, 7) is 7.31. The van der Waals surface area contributed by atoms with Crippen LogP contribution >= 0.6 is 11.3 Å². The van der Waals surface area contributed by atoms with Crippen LogP contribution in [0.1, 0.15) is 27.7 Å². The SMILES string of the molecule is CCS(=O)Nc1ccc(Oc2c(C)cc(F)cc2C)c(-c2cn(C)c(=O)c3cc(C(=O)N4CCOCC4)sc23)c1. The van der Waals surface area contributed by atoms with Crippen LogP contribution in [-0.4, -0.2) is 51.6 Å². The number of nitrogens with one attached hydrogen (secondary N) is 1. The molecular weight excluding hydrogens is 553 g/mol. The first-order valence-corrected chi connectivity index (χ1v) is 15.0. The number of carbonyl (C=O) groups is 1. The summed E-state index contributed by atoms with van der Waals surface area (Å²) < 4.78 is 43.2.